The lowest BCUT2D eigenvalue weighted by Crippen LogP contribution is -1.92. The molecule has 0 bridgehead atoms. The molecule has 3 heteroatoms. The Bertz CT molecular complexity index is 337. The average molecular weight is 180 g/mol. The van der Waals surface area contributed by atoms with Gasteiger partial charge in [-0.2, -0.15) is 5.10 Å². The minimum atomic E-state index is 0.105. The second-order valence-corrected chi connectivity index (χ2v) is 3.36. The fraction of sp³-hybridized carbons (Fsp3) is 0.500. The van der Waals surface area contributed by atoms with Crippen LogP contribution in [-0.4, -0.2) is 21.5 Å². The number of aliphatic hydroxyl groups excluding tert-OH is 1. The van der Waals surface area contributed by atoms with E-state index in [9.17, 15) is 0 Å². The summed E-state index contributed by atoms with van der Waals surface area (Å²) in [6.45, 7) is 6.01. The van der Waals surface area contributed by atoms with E-state index in [0.29, 0.717) is 0 Å². The topological polar surface area (TPSA) is 38.0 Å². The molecule has 3 nitrogen and oxygen atoms in total. The molecule has 0 fully saturated rings. The molecule has 0 atom stereocenters. The molecule has 0 aliphatic heterocycles. The van der Waals surface area contributed by atoms with Crippen LogP contribution >= 0.6 is 0 Å². The van der Waals surface area contributed by atoms with Gasteiger partial charge in [0.1, 0.15) is 0 Å². The molecule has 1 heterocycles. The van der Waals surface area contributed by atoms with E-state index in [1.165, 1.54) is 0 Å². The van der Waals surface area contributed by atoms with Crippen molar-refractivity contribution in [3.05, 3.63) is 22.5 Å². The summed E-state index contributed by atoms with van der Waals surface area (Å²) in [6, 6.07) is 0. The van der Waals surface area contributed by atoms with E-state index in [4.69, 9.17) is 5.11 Å². The maximum atomic E-state index is 8.89. The van der Waals surface area contributed by atoms with Crippen molar-refractivity contribution in [2.75, 3.05) is 6.61 Å². The van der Waals surface area contributed by atoms with Crippen LogP contribution < -0.4 is 0 Å². The maximum absolute atomic E-state index is 8.89. The Labute approximate surface area is 78.7 Å². The highest BCUT2D eigenvalue weighted by molar-refractivity contribution is 5.57. The zero-order chi connectivity index (χ0) is 10.0. The van der Waals surface area contributed by atoms with Crippen LogP contribution in [-0.2, 0) is 7.05 Å². The van der Waals surface area contributed by atoms with E-state index in [0.717, 1.165) is 22.5 Å². The zero-order valence-corrected chi connectivity index (χ0v) is 8.63. The van der Waals surface area contributed by atoms with Gasteiger partial charge in [-0.1, -0.05) is 6.08 Å². The van der Waals surface area contributed by atoms with Gasteiger partial charge in [0, 0.05) is 18.3 Å². The molecular weight excluding hydrogens is 164 g/mol. The van der Waals surface area contributed by atoms with Gasteiger partial charge in [0.15, 0.2) is 0 Å². The van der Waals surface area contributed by atoms with Crippen molar-refractivity contribution in [1.29, 1.82) is 0 Å². The molecule has 0 unspecified atom stereocenters. The number of aryl methyl sites for hydroxylation is 2. The second-order valence-electron chi connectivity index (χ2n) is 3.36. The van der Waals surface area contributed by atoms with Gasteiger partial charge < -0.3 is 5.11 Å². The van der Waals surface area contributed by atoms with E-state index >= 15 is 0 Å². The van der Waals surface area contributed by atoms with Crippen molar-refractivity contribution in [3.8, 4) is 0 Å². The van der Waals surface area contributed by atoms with Crippen LogP contribution in [0.1, 0.15) is 23.9 Å². The smallest absolute Gasteiger partial charge is 0.0668 e. The number of nitrogens with zero attached hydrogens (tertiary/aromatic N) is 2. The van der Waals surface area contributed by atoms with Crippen molar-refractivity contribution >= 4 is 6.08 Å². The van der Waals surface area contributed by atoms with E-state index in [-0.39, 0.29) is 6.61 Å². The third-order valence-corrected chi connectivity index (χ3v) is 2.21. The summed E-state index contributed by atoms with van der Waals surface area (Å²) in [6.07, 6.45) is 1.98. The van der Waals surface area contributed by atoms with Crippen molar-refractivity contribution in [1.82, 2.24) is 9.78 Å². The molecule has 0 amide bonds. The monoisotopic (exact) mass is 180 g/mol. The third-order valence-electron chi connectivity index (χ3n) is 2.21. The lowest BCUT2D eigenvalue weighted by molar-refractivity contribution is 0.332. The molecule has 1 aromatic rings. The van der Waals surface area contributed by atoms with Gasteiger partial charge in [-0.3, -0.25) is 4.68 Å². The summed E-state index contributed by atoms with van der Waals surface area (Å²) in [5.41, 5.74) is 4.21. The molecule has 1 N–H and O–H groups in total. The van der Waals surface area contributed by atoms with Gasteiger partial charge in [0.05, 0.1) is 12.3 Å². The van der Waals surface area contributed by atoms with E-state index in [1.54, 1.807) is 0 Å². The van der Waals surface area contributed by atoms with Crippen LogP contribution in [0.5, 0.6) is 0 Å². The first-order chi connectivity index (χ1) is 6.06. The Morgan fingerprint density at radius 3 is 2.54 bits per heavy atom. The summed E-state index contributed by atoms with van der Waals surface area (Å²) in [5, 5.41) is 13.2. The molecule has 0 aromatic carbocycles. The van der Waals surface area contributed by atoms with E-state index in [2.05, 4.69) is 5.10 Å². The molecule has 0 aliphatic carbocycles. The van der Waals surface area contributed by atoms with E-state index in [1.807, 2.05) is 38.6 Å². The van der Waals surface area contributed by atoms with Gasteiger partial charge in [0.2, 0.25) is 0 Å². The maximum Gasteiger partial charge on any atom is 0.0668 e. The quantitative estimate of drug-likeness (QED) is 0.747. The van der Waals surface area contributed by atoms with Gasteiger partial charge in [-0.15, -0.1) is 0 Å². The predicted octanol–water partition coefficient (Wildman–Crippen LogP) is 1.43. The van der Waals surface area contributed by atoms with Gasteiger partial charge in [-0.05, 0) is 26.3 Å². The van der Waals surface area contributed by atoms with Crippen LogP contribution in [0.2, 0.25) is 0 Å². The van der Waals surface area contributed by atoms with Crippen LogP contribution in [0.25, 0.3) is 6.08 Å². The summed E-state index contributed by atoms with van der Waals surface area (Å²) in [7, 11) is 1.92. The predicted molar refractivity (Wildman–Crippen MR) is 53.4 cm³/mol. The van der Waals surface area contributed by atoms with E-state index < -0.39 is 0 Å². The number of aliphatic hydroxyl groups is 1. The second kappa shape index (κ2) is 3.75. The first-order valence-electron chi connectivity index (χ1n) is 4.34. The van der Waals surface area contributed by atoms with Crippen molar-refractivity contribution in [2.45, 2.75) is 20.8 Å². The van der Waals surface area contributed by atoms with Crippen LogP contribution in [0, 0.1) is 13.8 Å². The normalized spacial score (nSPS) is 12.2. The molecule has 1 rings (SSSR count). The first kappa shape index (κ1) is 9.99. The molecule has 1 aromatic heterocycles. The van der Waals surface area contributed by atoms with Gasteiger partial charge >= 0.3 is 0 Å². The zero-order valence-electron chi connectivity index (χ0n) is 8.63. The fourth-order valence-electron chi connectivity index (χ4n) is 1.29. The summed E-state index contributed by atoms with van der Waals surface area (Å²) in [5.74, 6) is 0. The average Bonchev–Trinajstić information content (AvgIpc) is 2.32. The molecule has 0 aliphatic rings. The Balaban J connectivity index is 3.14. The van der Waals surface area contributed by atoms with Crippen molar-refractivity contribution in [3.63, 3.8) is 0 Å². The SMILES string of the molecule is C/C(=C\c1c(C)nn(C)c1C)CO. The van der Waals surface area contributed by atoms with Crippen molar-refractivity contribution in [2.24, 2.45) is 7.05 Å². The summed E-state index contributed by atoms with van der Waals surface area (Å²) in [4.78, 5) is 0. The minimum absolute atomic E-state index is 0.105. The Kier molecular flexibility index (Phi) is 2.88. The molecule has 0 saturated carbocycles. The first-order valence-corrected chi connectivity index (χ1v) is 4.34. The molecule has 13 heavy (non-hydrogen) atoms. The Hall–Kier alpha value is -1.09. The molecule has 72 valence electrons. The number of aromatic nitrogens is 2. The Morgan fingerprint density at radius 1 is 1.54 bits per heavy atom. The highest BCUT2D eigenvalue weighted by Gasteiger charge is 2.06. The third kappa shape index (κ3) is 1.98. The molecule has 0 spiro atoms. The lowest BCUT2D eigenvalue weighted by atomic mass is 10.1. The molecule has 0 saturated heterocycles. The van der Waals surface area contributed by atoms with Gasteiger partial charge in [0.25, 0.3) is 0 Å². The summed E-state index contributed by atoms with van der Waals surface area (Å²) < 4.78 is 1.85. The molecular formula is C10H16N2O. The van der Waals surface area contributed by atoms with Crippen LogP contribution in [0.3, 0.4) is 0 Å². The lowest BCUT2D eigenvalue weighted by Gasteiger charge is -1.97. The Morgan fingerprint density at radius 2 is 2.15 bits per heavy atom. The number of rotatable bonds is 2. The standard InChI is InChI=1S/C10H16N2O/c1-7(6-13)5-10-8(2)11-12(4)9(10)3/h5,13H,6H2,1-4H3/b7-5+. The fourth-order valence-corrected chi connectivity index (χ4v) is 1.29. The van der Waals surface area contributed by atoms with Crippen molar-refractivity contribution < 1.29 is 5.11 Å². The summed E-state index contributed by atoms with van der Waals surface area (Å²) >= 11 is 0. The highest BCUT2D eigenvalue weighted by Crippen LogP contribution is 2.15. The molecule has 0 radical (unpaired) electrons. The van der Waals surface area contributed by atoms with Crippen LogP contribution in [0.4, 0.5) is 0 Å². The van der Waals surface area contributed by atoms with Gasteiger partial charge in [-0.25, -0.2) is 0 Å². The van der Waals surface area contributed by atoms with Crippen LogP contribution in [0.15, 0.2) is 5.57 Å². The number of hydrogen-bond acceptors (Lipinski definition) is 2. The largest absolute Gasteiger partial charge is 0.392 e. The number of hydrogen-bond donors (Lipinski definition) is 1. The minimum Gasteiger partial charge on any atom is -0.392 e. The highest BCUT2D eigenvalue weighted by atomic mass is 16.3.